The molecule has 0 bridgehead atoms. The Bertz CT molecular complexity index is 1420. The Morgan fingerprint density at radius 1 is 1.09 bits per heavy atom. The number of aryl methyl sites for hydroxylation is 2. The summed E-state index contributed by atoms with van der Waals surface area (Å²) in [5.41, 5.74) is 4.75. The highest BCUT2D eigenvalue weighted by atomic mass is 32.1. The molecule has 2 amide bonds. The number of nitrogens with one attached hydrogen (secondary N) is 1. The number of likely N-dealkylation sites (tertiary alicyclic amines) is 1. The molecular weight excluding hydrogens is 442 g/mol. The third-order valence-corrected chi connectivity index (χ3v) is 8.35. The third kappa shape index (κ3) is 3.53. The Morgan fingerprint density at radius 2 is 1.94 bits per heavy atom. The predicted octanol–water partition coefficient (Wildman–Crippen LogP) is 5.11. The van der Waals surface area contributed by atoms with Crippen LogP contribution >= 0.6 is 11.3 Å². The number of benzene rings is 2. The number of thiophene rings is 1. The van der Waals surface area contributed by atoms with E-state index in [0.717, 1.165) is 39.9 Å². The Hall–Kier alpha value is -3.38. The van der Waals surface area contributed by atoms with Crippen LogP contribution in [0, 0.1) is 18.8 Å². The number of amides is 2. The van der Waals surface area contributed by atoms with E-state index in [1.54, 1.807) is 11.3 Å². The van der Waals surface area contributed by atoms with Gasteiger partial charge in [-0.3, -0.25) is 9.59 Å². The van der Waals surface area contributed by atoms with Crippen molar-refractivity contribution in [3.8, 4) is 10.4 Å². The van der Waals surface area contributed by atoms with Gasteiger partial charge in [-0.25, -0.2) is 0 Å². The summed E-state index contributed by atoms with van der Waals surface area (Å²) in [6, 6.07) is 18.1. The van der Waals surface area contributed by atoms with Gasteiger partial charge in [0.05, 0.1) is 11.6 Å². The smallest absolute Gasteiger partial charge is 0.255 e. The first-order valence-corrected chi connectivity index (χ1v) is 12.7. The minimum Gasteiger partial charge on any atom is -0.351 e. The van der Waals surface area contributed by atoms with Gasteiger partial charge in [0.25, 0.3) is 11.8 Å². The molecule has 2 aromatic carbocycles. The van der Waals surface area contributed by atoms with Gasteiger partial charge in [0.15, 0.2) is 0 Å². The summed E-state index contributed by atoms with van der Waals surface area (Å²) in [6.07, 6.45) is 3.12. The van der Waals surface area contributed by atoms with Crippen LogP contribution in [0.4, 0.5) is 0 Å². The molecule has 0 unspecified atom stereocenters. The van der Waals surface area contributed by atoms with Gasteiger partial charge < -0.3 is 14.8 Å². The van der Waals surface area contributed by atoms with E-state index in [4.69, 9.17) is 0 Å². The van der Waals surface area contributed by atoms with Crippen LogP contribution in [0.15, 0.2) is 66.2 Å². The largest absolute Gasteiger partial charge is 0.351 e. The van der Waals surface area contributed by atoms with E-state index in [9.17, 15) is 9.59 Å². The second-order valence-electron chi connectivity index (χ2n) is 9.59. The molecule has 6 rings (SSSR count). The number of hydrogen-bond donors (Lipinski definition) is 1. The van der Waals surface area contributed by atoms with Crippen molar-refractivity contribution in [1.29, 1.82) is 0 Å². The van der Waals surface area contributed by atoms with Crippen LogP contribution in [-0.2, 0) is 7.05 Å². The summed E-state index contributed by atoms with van der Waals surface area (Å²) < 4.78 is 2.02. The number of nitrogens with zero attached hydrogens (tertiary/aromatic N) is 2. The normalized spacial score (nSPS) is 21.0. The van der Waals surface area contributed by atoms with Gasteiger partial charge in [-0.1, -0.05) is 35.9 Å². The fraction of sp³-hybridized carbons (Fsp3) is 0.286. The van der Waals surface area contributed by atoms with Gasteiger partial charge in [-0.2, -0.15) is 0 Å². The summed E-state index contributed by atoms with van der Waals surface area (Å²) in [4.78, 5) is 29.8. The molecular formula is C28H27N3O2S. The molecule has 2 fully saturated rings. The van der Waals surface area contributed by atoms with Crippen LogP contribution in [0.1, 0.15) is 32.7 Å². The van der Waals surface area contributed by atoms with Crippen LogP contribution in [0.2, 0.25) is 0 Å². The molecule has 1 saturated heterocycles. The molecule has 3 heterocycles. The van der Waals surface area contributed by atoms with E-state index in [1.165, 1.54) is 5.56 Å². The number of fused-ring (bicyclic) bond motifs is 2. The lowest BCUT2D eigenvalue weighted by atomic mass is 10.1. The van der Waals surface area contributed by atoms with Crippen molar-refractivity contribution in [2.45, 2.75) is 19.4 Å². The standard InChI is InChI=1S/C28H27N3O2S/c1-17-5-3-6-18(13-17)26-22(10-12-34-26)28(33)31-16-19-14-23(19)25(31)15-29-27(32)21-7-4-8-24-20(21)9-11-30(24)2/h3-13,19,23,25H,14-16H2,1-2H3,(H,29,32)/t19-,23-,25+/m0/s1. The van der Waals surface area contributed by atoms with Gasteiger partial charge in [-0.15, -0.1) is 11.3 Å². The number of aromatic nitrogens is 1. The first-order valence-electron chi connectivity index (χ1n) is 11.8. The van der Waals surface area contributed by atoms with E-state index < -0.39 is 0 Å². The third-order valence-electron chi connectivity index (χ3n) is 7.38. The number of rotatable bonds is 5. The molecule has 2 aliphatic rings. The zero-order chi connectivity index (χ0) is 23.4. The first-order chi connectivity index (χ1) is 16.5. The topological polar surface area (TPSA) is 54.3 Å². The van der Waals surface area contributed by atoms with Gasteiger partial charge in [0.2, 0.25) is 0 Å². The maximum atomic E-state index is 13.7. The second-order valence-corrected chi connectivity index (χ2v) is 10.5. The van der Waals surface area contributed by atoms with E-state index in [0.29, 0.717) is 23.9 Å². The molecule has 34 heavy (non-hydrogen) atoms. The van der Waals surface area contributed by atoms with E-state index in [1.807, 2.05) is 64.5 Å². The first kappa shape index (κ1) is 21.2. The van der Waals surface area contributed by atoms with Crippen molar-refractivity contribution in [3.05, 3.63) is 82.9 Å². The van der Waals surface area contributed by atoms with Crippen LogP contribution in [0.5, 0.6) is 0 Å². The zero-order valence-electron chi connectivity index (χ0n) is 19.3. The van der Waals surface area contributed by atoms with Gasteiger partial charge in [0, 0.05) is 47.7 Å². The van der Waals surface area contributed by atoms with E-state index in [2.05, 4.69) is 30.4 Å². The summed E-state index contributed by atoms with van der Waals surface area (Å²) in [7, 11) is 1.98. The van der Waals surface area contributed by atoms with Crippen molar-refractivity contribution in [1.82, 2.24) is 14.8 Å². The zero-order valence-corrected chi connectivity index (χ0v) is 20.1. The average Bonchev–Trinajstić information content (AvgIpc) is 3.17. The minimum absolute atomic E-state index is 0.0432. The Kier molecular flexibility index (Phi) is 5.06. The lowest BCUT2D eigenvalue weighted by Gasteiger charge is -2.28. The highest BCUT2D eigenvalue weighted by Crippen LogP contribution is 2.50. The maximum absolute atomic E-state index is 13.7. The summed E-state index contributed by atoms with van der Waals surface area (Å²) in [5, 5.41) is 6.09. The highest BCUT2D eigenvalue weighted by molar-refractivity contribution is 7.14. The lowest BCUT2D eigenvalue weighted by Crippen LogP contribution is -2.45. The summed E-state index contributed by atoms with van der Waals surface area (Å²) in [6.45, 7) is 3.33. The lowest BCUT2D eigenvalue weighted by molar-refractivity contribution is 0.0696. The van der Waals surface area contributed by atoms with Gasteiger partial charge in [-0.05, 0) is 60.4 Å². The van der Waals surface area contributed by atoms with Crippen LogP contribution in [0.3, 0.4) is 0 Å². The average molecular weight is 470 g/mol. The number of hydrogen-bond acceptors (Lipinski definition) is 3. The fourth-order valence-electron chi connectivity index (χ4n) is 5.50. The fourth-order valence-corrected chi connectivity index (χ4v) is 6.39. The molecule has 5 nitrogen and oxygen atoms in total. The molecule has 1 N–H and O–H groups in total. The van der Waals surface area contributed by atoms with Crippen LogP contribution in [0.25, 0.3) is 21.3 Å². The molecule has 2 aromatic heterocycles. The Balaban J connectivity index is 1.21. The van der Waals surface area contributed by atoms with Crippen molar-refractivity contribution in [2.24, 2.45) is 18.9 Å². The monoisotopic (exact) mass is 469 g/mol. The minimum atomic E-state index is -0.0794. The van der Waals surface area contributed by atoms with E-state index in [-0.39, 0.29) is 17.9 Å². The number of piperidine rings is 1. The van der Waals surface area contributed by atoms with Gasteiger partial charge in [0.1, 0.15) is 0 Å². The maximum Gasteiger partial charge on any atom is 0.255 e. The predicted molar refractivity (Wildman–Crippen MR) is 136 cm³/mol. The molecule has 4 aromatic rings. The Labute approximate surface area is 203 Å². The van der Waals surface area contributed by atoms with Crippen molar-refractivity contribution in [3.63, 3.8) is 0 Å². The molecule has 3 atom stereocenters. The second kappa shape index (κ2) is 8.13. The van der Waals surface area contributed by atoms with E-state index >= 15 is 0 Å². The highest BCUT2D eigenvalue weighted by Gasteiger charge is 2.54. The summed E-state index contributed by atoms with van der Waals surface area (Å²) >= 11 is 1.61. The molecule has 172 valence electrons. The van der Waals surface area contributed by atoms with Crippen molar-refractivity contribution >= 4 is 34.1 Å². The van der Waals surface area contributed by atoms with Crippen molar-refractivity contribution in [2.75, 3.05) is 13.1 Å². The van der Waals surface area contributed by atoms with Crippen molar-refractivity contribution < 1.29 is 9.59 Å². The number of carbonyl (C=O) groups is 2. The molecule has 0 radical (unpaired) electrons. The molecule has 1 aliphatic carbocycles. The summed E-state index contributed by atoms with van der Waals surface area (Å²) in [5.74, 6) is 1.04. The number of carbonyl (C=O) groups excluding carboxylic acids is 2. The molecule has 6 heteroatoms. The quantitative estimate of drug-likeness (QED) is 0.442. The SMILES string of the molecule is Cc1cccc(-c2sccc2C(=O)N2C[C@@H]3C[C@@H]3[C@H]2CNC(=O)c2cccc3c2ccn3C)c1. The van der Waals surface area contributed by atoms with Crippen LogP contribution in [-0.4, -0.2) is 40.4 Å². The molecule has 1 aliphatic heterocycles. The molecule has 0 spiro atoms. The van der Waals surface area contributed by atoms with Crippen LogP contribution < -0.4 is 5.32 Å². The van der Waals surface area contributed by atoms with Gasteiger partial charge >= 0.3 is 0 Å². The Morgan fingerprint density at radius 3 is 2.79 bits per heavy atom. The molecule has 1 saturated carbocycles.